The molecule has 3 rings (SSSR count). The molecule has 0 radical (unpaired) electrons. The molecule has 1 aliphatic carbocycles. The van der Waals surface area contributed by atoms with Crippen LogP contribution in [-0.2, 0) is 6.54 Å². The van der Waals surface area contributed by atoms with E-state index in [1.165, 1.54) is 11.3 Å². The van der Waals surface area contributed by atoms with E-state index in [0.717, 1.165) is 27.9 Å². The van der Waals surface area contributed by atoms with Gasteiger partial charge in [-0.05, 0) is 37.5 Å². The molecule has 1 aromatic carbocycles. The number of amides is 1. The van der Waals surface area contributed by atoms with Gasteiger partial charge in [0.15, 0.2) is 0 Å². The van der Waals surface area contributed by atoms with Gasteiger partial charge in [-0.25, -0.2) is 4.98 Å². The lowest BCUT2D eigenvalue weighted by atomic mass is 10.2. The highest BCUT2D eigenvalue weighted by Crippen LogP contribution is 2.30. The van der Waals surface area contributed by atoms with Crippen LogP contribution in [0.4, 0.5) is 0 Å². The van der Waals surface area contributed by atoms with Crippen LogP contribution in [0.3, 0.4) is 0 Å². The summed E-state index contributed by atoms with van der Waals surface area (Å²) < 4.78 is 1.04. The Labute approximate surface area is 130 Å². The number of hydrogen-bond acceptors (Lipinski definition) is 3. The van der Waals surface area contributed by atoms with E-state index in [-0.39, 0.29) is 5.91 Å². The minimum atomic E-state index is 0.0526. The minimum absolute atomic E-state index is 0.0526. The number of aryl methyl sites for hydroxylation is 1. The van der Waals surface area contributed by atoms with E-state index in [1.807, 2.05) is 29.3 Å². The molecule has 0 unspecified atom stereocenters. The third-order valence-corrected chi connectivity index (χ3v) is 4.60. The highest BCUT2D eigenvalue weighted by Gasteiger charge is 2.33. The predicted octanol–water partition coefficient (Wildman–Crippen LogP) is 4.02. The van der Waals surface area contributed by atoms with Gasteiger partial charge in [0.05, 0.1) is 5.01 Å². The van der Waals surface area contributed by atoms with E-state index in [9.17, 15) is 4.79 Å². The molecule has 1 amide bonds. The van der Waals surface area contributed by atoms with E-state index in [4.69, 9.17) is 0 Å². The Hall–Kier alpha value is -1.20. The Balaban J connectivity index is 1.81. The number of hydrogen-bond donors (Lipinski definition) is 0. The van der Waals surface area contributed by atoms with Crippen molar-refractivity contribution < 1.29 is 4.79 Å². The standard InChI is InChI=1S/C15H15BrN2OS/c1-10-17-14(9-20-10)15(19)18(13-5-6-13)8-11-3-2-4-12(16)7-11/h2-4,7,9,13H,5-6,8H2,1H3. The molecule has 0 atom stereocenters. The Bertz CT molecular complexity index is 636. The Morgan fingerprint density at radius 1 is 1.50 bits per heavy atom. The lowest BCUT2D eigenvalue weighted by molar-refractivity contribution is 0.0724. The van der Waals surface area contributed by atoms with Gasteiger partial charge in [0.2, 0.25) is 0 Å². The number of carbonyl (C=O) groups excluding carboxylic acids is 1. The second-order valence-electron chi connectivity index (χ2n) is 5.05. The Kier molecular flexibility index (Phi) is 3.89. The topological polar surface area (TPSA) is 33.2 Å². The van der Waals surface area contributed by atoms with Gasteiger partial charge < -0.3 is 4.90 Å². The average Bonchev–Trinajstić information content (AvgIpc) is 3.17. The number of rotatable bonds is 4. The number of benzene rings is 1. The molecule has 104 valence electrons. The maximum atomic E-state index is 12.6. The zero-order valence-corrected chi connectivity index (χ0v) is 13.6. The first-order valence-electron chi connectivity index (χ1n) is 6.61. The molecule has 1 fully saturated rings. The van der Waals surface area contributed by atoms with Gasteiger partial charge in [-0.2, -0.15) is 0 Å². The molecule has 0 bridgehead atoms. The molecule has 1 saturated carbocycles. The van der Waals surface area contributed by atoms with Gasteiger partial charge in [0.1, 0.15) is 5.69 Å². The smallest absolute Gasteiger partial charge is 0.273 e. The average molecular weight is 351 g/mol. The van der Waals surface area contributed by atoms with E-state index in [0.29, 0.717) is 18.3 Å². The fourth-order valence-corrected chi connectivity index (χ4v) is 3.23. The van der Waals surface area contributed by atoms with Crippen LogP contribution >= 0.6 is 27.3 Å². The summed E-state index contributed by atoms with van der Waals surface area (Å²) in [6, 6.07) is 8.50. The van der Waals surface area contributed by atoms with Crippen LogP contribution in [0.1, 0.15) is 33.9 Å². The van der Waals surface area contributed by atoms with E-state index in [1.54, 1.807) is 0 Å². The molecular weight excluding hydrogens is 336 g/mol. The van der Waals surface area contributed by atoms with Crippen LogP contribution in [0, 0.1) is 6.92 Å². The van der Waals surface area contributed by atoms with Crippen molar-refractivity contribution in [2.45, 2.75) is 32.4 Å². The van der Waals surface area contributed by atoms with Crippen LogP contribution in [-0.4, -0.2) is 21.8 Å². The molecule has 1 heterocycles. The second kappa shape index (κ2) is 5.66. The van der Waals surface area contributed by atoms with Crippen molar-refractivity contribution in [2.24, 2.45) is 0 Å². The first-order chi connectivity index (χ1) is 9.63. The monoisotopic (exact) mass is 350 g/mol. The van der Waals surface area contributed by atoms with Crippen LogP contribution in [0.25, 0.3) is 0 Å². The second-order valence-corrected chi connectivity index (χ2v) is 7.02. The first kappa shape index (κ1) is 13.8. The summed E-state index contributed by atoms with van der Waals surface area (Å²) >= 11 is 5.00. The van der Waals surface area contributed by atoms with E-state index in [2.05, 4.69) is 33.0 Å². The maximum absolute atomic E-state index is 12.6. The number of carbonyl (C=O) groups is 1. The van der Waals surface area contributed by atoms with Crippen LogP contribution in [0.2, 0.25) is 0 Å². The lowest BCUT2D eigenvalue weighted by Crippen LogP contribution is -2.32. The summed E-state index contributed by atoms with van der Waals surface area (Å²) in [4.78, 5) is 18.9. The Morgan fingerprint density at radius 2 is 2.30 bits per heavy atom. The minimum Gasteiger partial charge on any atom is -0.330 e. The van der Waals surface area contributed by atoms with Crippen LogP contribution in [0.15, 0.2) is 34.1 Å². The van der Waals surface area contributed by atoms with Crippen molar-refractivity contribution in [1.82, 2.24) is 9.88 Å². The molecule has 5 heteroatoms. The quantitative estimate of drug-likeness (QED) is 0.834. The summed E-state index contributed by atoms with van der Waals surface area (Å²) in [6.45, 7) is 2.58. The molecule has 3 nitrogen and oxygen atoms in total. The number of thiazole rings is 1. The maximum Gasteiger partial charge on any atom is 0.273 e. The zero-order valence-electron chi connectivity index (χ0n) is 11.2. The van der Waals surface area contributed by atoms with Gasteiger partial charge in [0.25, 0.3) is 5.91 Å². The molecule has 0 spiro atoms. The largest absolute Gasteiger partial charge is 0.330 e. The van der Waals surface area contributed by atoms with E-state index < -0.39 is 0 Å². The van der Waals surface area contributed by atoms with Gasteiger partial charge in [0, 0.05) is 22.4 Å². The fraction of sp³-hybridized carbons (Fsp3) is 0.333. The molecule has 0 saturated heterocycles. The zero-order chi connectivity index (χ0) is 14.1. The summed E-state index contributed by atoms with van der Waals surface area (Å²) in [5, 5.41) is 2.79. The highest BCUT2D eigenvalue weighted by molar-refractivity contribution is 9.10. The third-order valence-electron chi connectivity index (χ3n) is 3.33. The van der Waals surface area contributed by atoms with E-state index >= 15 is 0 Å². The van der Waals surface area contributed by atoms with Crippen molar-refractivity contribution in [3.05, 3.63) is 50.4 Å². The summed E-state index contributed by atoms with van der Waals surface area (Å²) in [6.07, 6.45) is 2.20. The molecule has 1 aromatic heterocycles. The highest BCUT2D eigenvalue weighted by atomic mass is 79.9. The van der Waals surface area contributed by atoms with Gasteiger partial charge in [-0.15, -0.1) is 11.3 Å². The first-order valence-corrected chi connectivity index (χ1v) is 8.28. The summed E-state index contributed by atoms with van der Waals surface area (Å²) in [5.74, 6) is 0.0526. The molecule has 0 N–H and O–H groups in total. The van der Waals surface area contributed by atoms with Gasteiger partial charge in [-0.3, -0.25) is 4.79 Å². The third kappa shape index (κ3) is 3.10. The lowest BCUT2D eigenvalue weighted by Gasteiger charge is -2.21. The Morgan fingerprint density at radius 3 is 2.90 bits per heavy atom. The molecular formula is C15H15BrN2OS. The van der Waals surface area contributed by atoms with Crippen molar-refractivity contribution in [2.75, 3.05) is 0 Å². The summed E-state index contributed by atoms with van der Waals surface area (Å²) in [5.41, 5.74) is 1.72. The molecule has 1 aliphatic rings. The van der Waals surface area contributed by atoms with Crippen LogP contribution in [0.5, 0.6) is 0 Å². The van der Waals surface area contributed by atoms with Crippen molar-refractivity contribution in [3.8, 4) is 0 Å². The SMILES string of the molecule is Cc1nc(C(=O)N(Cc2cccc(Br)c2)C2CC2)cs1. The van der Waals surface area contributed by atoms with Crippen molar-refractivity contribution >= 4 is 33.2 Å². The predicted molar refractivity (Wildman–Crippen MR) is 83.9 cm³/mol. The summed E-state index contributed by atoms with van der Waals surface area (Å²) in [7, 11) is 0. The van der Waals surface area contributed by atoms with Gasteiger partial charge in [-0.1, -0.05) is 28.1 Å². The normalized spacial score (nSPS) is 14.3. The fourth-order valence-electron chi connectivity index (χ4n) is 2.19. The number of aromatic nitrogens is 1. The van der Waals surface area contributed by atoms with Crippen LogP contribution < -0.4 is 0 Å². The molecule has 2 aromatic rings. The molecule has 20 heavy (non-hydrogen) atoms. The van der Waals surface area contributed by atoms with Gasteiger partial charge >= 0.3 is 0 Å². The van der Waals surface area contributed by atoms with Crippen molar-refractivity contribution in [1.29, 1.82) is 0 Å². The number of nitrogens with zero attached hydrogens (tertiary/aromatic N) is 2. The molecule has 0 aliphatic heterocycles. The van der Waals surface area contributed by atoms with Crippen molar-refractivity contribution in [3.63, 3.8) is 0 Å². The number of halogens is 1.